The van der Waals surface area contributed by atoms with Gasteiger partial charge in [-0.15, -0.1) is 0 Å². The number of hydrogen-bond acceptors (Lipinski definition) is 4. The van der Waals surface area contributed by atoms with Crippen molar-refractivity contribution in [2.75, 3.05) is 0 Å². The standard InChI is InChI=1S/C35H30ClO4P.Li.H/c1-25-12-11-19-30(36)33(25)35(37)41-34-31(39-23-27-15-7-3-8-16-27)20-29(38-22-26-13-5-2-6-14-26)21-32(34)40-24-28-17-9-4-10-18-28;;/h2-21,41H,22-24H2,1H3;;/q;+1;-1. The van der Waals surface area contributed by atoms with Gasteiger partial charge in [-0.05, 0) is 43.8 Å². The predicted octanol–water partition coefficient (Wildman–Crippen LogP) is 5.65. The third-order valence-electron chi connectivity index (χ3n) is 6.45. The summed E-state index contributed by atoms with van der Waals surface area (Å²) >= 11 is 6.48. The number of carbonyl (C=O) groups is 1. The van der Waals surface area contributed by atoms with E-state index in [2.05, 4.69) is 0 Å². The van der Waals surface area contributed by atoms with E-state index >= 15 is 0 Å². The summed E-state index contributed by atoms with van der Waals surface area (Å²) in [6.07, 6.45) is 0. The van der Waals surface area contributed by atoms with Crippen LogP contribution in [0.4, 0.5) is 0 Å². The predicted molar refractivity (Wildman–Crippen MR) is 168 cm³/mol. The van der Waals surface area contributed by atoms with Gasteiger partial charge in [0.1, 0.15) is 37.1 Å². The molecule has 1 unspecified atom stereocenters. The van der Waals surface area contributed by atoms with Gasteiger partial charge in [0, 0.05) is 17.7 Å². The van der Waals surface area contributed by atoms with Crippen LogP contribution in [0, 0.1) is 6.92 Å². The Morgan fingerprint density at radius 1 is 0.667 bits per heavy atom. The van der Waals surface area contributed by atoms with Crippen molar-refractivity contribution < 1.29 is 39.3 Å². The van der Waals surface area contributed by atoms with Gasteiger partial charge in [0.25, 0.3) is 0 Å². The summed E-state index contributed by atoms with van der Waals surface area (Å²) in [5, 5.41) is 1.11. The molecule has 0 saturated carbocycles. The largest absolute Gasteiger partial charge is 1.00 e. The monoisotopic (exact) mass is 588 g/mol. The van der Waals surface area contributed by atoms with Crippen molar-refractivity contribution in [3.05, 3.63) is 154 Å². The Hall–Kier alpha value is -3.51. The van der Waals surface area contributed by atoms with Crippen LogP contribution >= 0.6 is 20.2 Å². The van der Waals surface area contributed by atoms with Crippen LogP contribution in [-0.2, 0) is 19.8 Å². The molecule has 208 valence electrons. The summed E-state index contributed by atoms with van der Waals surface area (Å²) in [5.74, 6) is 1.67. The molecule has 4 nitrogen and oxygen atoms in total. The number of benzene rings is 5. The van der Waals surface area contributed by atoms with Gasteiger partial charge >= 0.3 is 18.9 Å². The van der Waals surface area contributed by atoms with E-state index in [1.165, 1.54) is 0 Å². The van der Waals surface area contributed by atoms with Crippen molar-refractivity contribution in [1.29, 1.82) is 0 Å². The topological polar surface area (TPSA) is 44.8 Å². The molecule has 0 aliphatic rings. The summed E-state index contributed by atoms with van der Waals surface area (Å²) < 4.78 is 18.9. The molecule has 1 atom stereocenters. The van der Waals surface area contributed by atoms with Gasteiger partial charge in [0.2, 0.25) is 0 Å². The quantitative estimate of drug-likeness (QED) is 0.140. The fourth-order valence-corrected chi connectivity index (χ4v) is 5.91. The molecule has 0 spiro atoms. The molecular formula is C35H31ClLiO4P. The van der Waals surface area contributed by atoms with Crippen LogP contribution in [0.3, 0.4) is 0 Å². The molecule has 0 saturated heterocycles. The van der Waals surface area contributed by atoms with Crippen molar-refractivity contribution in [2.24, 2.45) is 0 Å². The van der Waals surface area contributed by atoms with E-state index in [-0.39, 0.29) is 34.4 Å². The van der Waals surface area contributed by atoms with Crippen LogP contribution < -0.4 is 38.4 Å². The summed E-state index contributed by atoms with van der Waals surface area (Å²) in [4.78, 5) is 13.7. The van der Waals surface area contributed by atoms with Gasteiger partial charge in [-0.1, -0.05) is 115 Å². The summed E-state index contributed by atoms with van der Waals surface area (Å²) in [7, 11) is -0.276. The molecule has 5 aromatic carbocycles. The second-order valence-corrected chi connectivity index (χ2v) is 11.1. The third kappa shape index (κ3) is 8.51. The van der Waals surface area contributed by atoms with E-state index in [1.54, 1.807) is 6.07 Å². The van der Waals surface area contributed by atoms with Crippen LogP contribution in [0.15, 0.2) is 121 Å². The minimum absolute atomic E-state index is 0. The second-order valence-electron chi connectivity index (χ2n) is 9.50. The third-order valence-corrected chi connectivity index (χ3v) is 7.98. The van der Waals surface area contributed by atoms with E-state index in [1.807, 2.05) is 122 Å². The maximum atomic E-state index is 13.7. The van der Waals surface area contributed by atoms with Crippen molar-refractivity contribution in [3.8, 4) is 17.2 Å². The number of halogens is 1. The average molecular weight is 589 g/mol. The molecule has 0 bridgehead atoms. The Morgan fingerprint density at radius 2 is 1.12 bits per heavy atom. The Balaban J connectivity index is 0.00000253. The molecule has 0 aliphatic carbocycles. The smallest absolute Gasteiger partial charge is 1.00 e. The molecule has 0 amide bonds. The van der Waals surface area contributed by atoms with Gasteiger partial charge in [-0.25, -0.2) is 0 Å². The molecule has 0 fully saturated rings. The molecule has 7 heteroatoms. The van der Waals surface area contributed by atoms with Crippen molar-refractivity contribution >= 4 is 31.0 Å². The van der Waals surface area contributed by atoms with Crippen molar-refractivity contribution in [2.45, 2.75) is 26.7 Å². The number of rotatable bonds is 12. The average Bonchev–Trinajstić information content (AvgIpc) is 3.00. The van der Waals surface area contributed by atoms with Gasteiger partial charge in [-0.3, -0.25) is 4.79 Å². The molecule has 0 heterocycles. The summed E-state index contributed by atoms with van der Waals surface area (Å²) in [6.45, 7) is 2.94. The second kappa shape index (κ2) is 15.6. The van der Waals surface area contributed by atoms with Crippen LogP contribution in [-0.4, -0.2) is 5.52 Å². The first-order chi connectivity index (χ1) is 20.1. The van der Waals surface area contributed by atoms with Crippen LogP contribution in [0.1, 0.15) is 34.0 Å². The van der Waals surface area contributed by atoms with Gasteiger partial charge in [-0.2, -0.15) is 0 Å². The van der Waals surface area contributed by atoms with Gasteiger partial charge in [0.15, 0.2) is 5.52 Å². The number of carbonyl (C=O) groups excluding carboxylic acids is 1. The first-order valence-corrected chi connectivity index (χ1v) is 14.7. The van der Waals surface area contributed by atoms with Crippen LogP contribution in [0.25, 0.3) is 0 Å². The normalized spacial score (nSPS) is 10.7. The van der Waals surface area contributed by atoms with Gasteiger partial charge < -0.3 is 15.6 Å². The van der Waals surface area contributed by atoms with Crippen LogP contribution in [0.5, 0.6) is 17.2 Å². The zero-order chi connectivity index (χ0) is 28.4. The van der Waals surface area contributed by atoms with E-state index in [4.69, 9.17) is 25.8 Å². The first kappa shape index (κ1) is 31.4. The Labute approximate surface area is 267 Å². The van der Waals surface area contributed by atoms with E-state index in [9.17, 15) is 4.79 Å². The zero-order valence-corrected chi connectivity index (χ0v) is 25.4. The zero-order valence-electron chi connectivity index (χ0n) is 24.7. The molecule has 0 aliphatic heterocycles. The van der Waals surface area contributed by atoms with Crippen molar-refractivity contribution in [1.82, 2.24) is 0 Å². The molecular weight excluding hydrogens is 558 g/mol. The minimum Gasteiger partial charge on any atom is -1.00 e. The van der Waals surface area contributed by atoms with Crippen LogP contribution in [0.2, 0.25) is 5.02 Å². The number of aryl methyl sites for hydroxylation is 1. The molecule has 0 aromatic heterocycles. The SMILES string of the molecule is Cc1cccc(Cl)c1C(=O)Pc1c(OCc2ccccc2)cc(OCc2ccccc2)cc1OCc1ccccc1.[H-].[Li+]. The maximum absolute atomic E-state index is 13.7. The molecule has 0 radical (unpaired) electrons. The van der Waals surface area contributed by atoms with Gasteiger partial charge in [0.05, 0.1) is 10.3 Å². The first-order valence-electron chi connectivity index (χ1n) is 13.3. The molecule has 5 rings (SSSR count). The molecule has 42 heavy (non-hydrogen) atoms. The van der Waals surface area contributed by atoms with E-state index in [0.717, 1.165) is 22.3 Å². The Bertz CT molecular complexity index is 1520. The van der Waals surface area contributed by atoms with E-state index < -0.39 is 0 Å². The van der Waals surface area contributed by atoms with Crippen molar-refractivity contribution in [3.63, 3.8) is 0 Å². The number of hydrogen-bond donors (Lipinski definition) is 0. The fraction of sp³-hybridized carbons (Fsp3) is 0.114. The molecule has 0 N–H and O–H groups in total. The van der Waals surface area contributed by atoms with E-state index in [0.29, 0.717) is 53.0 Å². The Kier molecular flexibility index (Phi) is 11.7. The number of ether oxygens (including phenoxy) is 3. The summed E-state index contributed by atoms with van der Waals surface area (Å²) in [5.41, 5.74) is 4.33. The maximum Gasteiger partial charge on any atom is 1.00 e. The minimum atomic E-state index is -0.276. The Morgan fingerprint density at radius 3 is 1.57 bits per heavy atom. The fourth-order valence-electron chi connectivity index (χ4n) is 4.31. The molecule has 5 aromatic rings. The summed E-state index contributed by atoms with van der Waals surface area (Å²) in [6, 6.07) is 39.0.